The van der Waals surface area contributed by atoms with Gasteiger partial charge in [-0.05, 0) is 36.2 Å². The minimum atomic E-state index is -0.395. The van der Waals surface area contributed by atoms with Crippen LogP contribution in [0.2, 0.25) is 5.02 Å². The minimum Gasteiger partial charge on any atom is -0.493 e. The molecule has 3 rings (SSSR count). The van der Waals surface area contributed by atoms with Crippen LogP contribution in [-0.2, 0) is 0 Å². The number of ether oxygens (including phenoxy) is 2. The molecule has 1 aliphatic heterocycles. The van der Waals surface area contributed by atoms with E-state index in [1.54, 1.807) is 25.3 Å². The van der Waals surface area contributed by atoms with Gasteiger partial charge in [0.05, 0.1) is 30.5 Å². The third kappa shape index (κ3) is 2.68. The van der Waals surface area contributed by atoms with Gasteiger partial charge in [0.15, 0.2) is 11.5 Å². The van der Waals surface area contributed by atoms with E-state index >= 15 is 0 Å². The number of halogens is 1. The summed E-state index contributed by atoms with van der Waals surface area (Å²) in [6, 6.07) is 9.17. The van der Waals surface area contributed by atoms with Crippen LogP contribution >= 0.6 is 11.6 Å². The number of hydrogen-bond acceptors (Lipinski definition) is 4. The Kier molecular flexibility index (Phi) is 4.05. The molecule has 0 spiro atoms. The lowest BCUT2D eigenvalue weighted by atomic mass is 10.0. The Morgan fingerprint density at radius 3 is 2.61 bits per heavy atom. The van der Waals surface area contributed by atoms with E-state index in [1.807, 2.05) is 19.1 Å². The number of carbonyl (C=O) groups is 1. The standard InChI is InChI=1S/C17H17ClN2O3/c1-9-5-4-6-11-14(9)19-16(20-17(11)21)10-7-12(18)15(23-3)13(8-10)22-2/h4-8,16,19H,1-3H3,(H,20,21). The first-order valence-electron chi connectivity index (χ1n) is 7.13. The van der Waals surface area contributed by atoms with Crippen LogP contribution in [0.4, 0.5) is 5.69 Å². The Hall–Kier alpha value is -2.40. The summed E-state index contributed by atoms with van der Waals surface area (Å²) in [5.41, 5.74) is 3.25. The maximum absolute atomic E-state index is 12.3. The molecule has 120 valence electrons. The van der Waals surface area contributed by atoms with Crippen molar-refractivity contribution in [3.05, 3.63) is 52.0 Å². The zero-order valence-corrected chi connectivity index (χ0v) is 13.8. The quantitative estimate of drug-likeness (QED) is 0.903. The van der Waals surface area contributed by atoms with Crippen LogP contribution in [-0.4, -0.2) is 20.1 Å². The van der Waals surface area contributed by atoms with E-state index in [0.29, 0.717) is 22.1 Å². The van der Waals surface area contributed by atoms with Gasteiger partial charge in [0.25, 0.3) is 5.91 Å². The summed E-state index contributed by atoms with van der Waals surface area (Å²) in [7, 11) is 3.08. The van der Waals surface area contributed by atoms with Gasteiger partial charge in [0.2, 0.25) is 0 Å². The average Bonchev–Trinajstić information content (AvgIpc) is 2.54. The molecular formula is C17H17ClN2O3. The van der Waals surface area contributed by atoms with E-state index in [0.717, 1.165) is 16.8 Å². The van der Waals surface area contributed by atoms with E-state index < -0.39 is 6.17 Å². The van der Waals surface area contributed by atoms with Crippen molar-refractivity contribution in [2.24, 2.45) is 0 Å². The zero-order valence-electron chi connectivity index (χ0n) is 13.1. The van der Waals surface area contributed by atoms with Crippen molar-refractivity contribution in [3.63, 3.8) is 0 Å². The first kappa shape index (κ1) is 15.5. The fourth-order valence-corrected chi connectivity index (χ4v) is 3.01. The number of hydrogen-bond donors (Lipinski definition) is 2. The summed E-state index contributed by atoms with van der Waals surface area (Å²) in [6.07, 6.45) is -0.395. The fourth-order valence-electron chi connectivity index (χ4n) is 2.71. The summed E-state index contributed by atoms with van der Waals surface area (Å²) >= 11 is 6.26. The molecular weight excluding hydrogens is 316 g/mol. The smallest absolute Gasteiger partial charge is 0.255 e. The summed E-state index contributed by atoms with van der Waals surface area (Å²) in [5.74, 6) is 0.858. The monoisotopic (exact) mass is 332 g/mol. The molecule has 1 amide bonds. The molecule has 0 saturated carbocycles. The number of carbonyl (C=O) groups excluding carboxylic acids is 1. The number of para-hydroxylation sites is 1. The number of anilines is 1. The molecule has 1 heterocycles. The average molecular weight is 333 g/mol. The third-order valence-electron chi connectivity index (χ3n) is 3.87. The molecule has 0 bridgehead atoms. The summed E-state index contributed by atoms with van der Waals surface area (Å²) in [4.78, 5) is 12.3. The molecule has 2 aromatic rings. The Morgan fingerprint density at radius 1 is 1.13 bits per heavy atom. The van der Waals surface area contributed by atoms with Crippen molar-refractivity contribution in [1.29, 1.82) is 0 Å². The van der Waals surface area contributed by atoms with Crippen molar-refractivity contribution in [2.45, 2.75) is 13.1 Å². The number of aryl methyl sites for hydroxylation is 1. The van der Waals surface area contributed by atoms with Crippen molar-refractivity contribution in [3.8, 4) is 11.5 Å². The predicted octanol–water partition coefficient (Wildman–Crippen LogP) is 3.52. The van der Waals surface area contributed by atoms with Gasteiger partial charge in [0.1, 0.15) is 6.17 Å². The first-order chi connectivity index (χ1) is 11.0. The SMILES string of the molecule is COc1cc(C2NC(=O)c3cccc(C)c3N2)cc(Cl)c1OC. The van der Waals surface area contributed by atoms with Crippen molar-refractivity contribution < 1.29 is 14.3 Å². The van der Waals surface area contributed by atoms with Crippen LogP contribution in [0.15, 0.2) is 30.3 Å². The Bertz CT molecular complexity index is 777. The molecule has 5 nitrogen and oxygen atoms in total. The molecule has 0 saturated heterocycles. The summed E-state index contributed by atoms with van der Waals surface area (Å²) in [5, 5.41) is 6.69. The topological polar surface area (TPSA) is 59.6 Å². The van der Waals surface area contributed by atoms with Gasteiger partial charge in [-0.3, -0.25) is 4.79 Å². The second-order valence-electron chi connectivity index (χ2n) is 5.29. The van der Waals surface area contributed by atoms with Crippen molar-refractivity contribution in [1.82, 2.24) is 5.32 Å². The second kappa shape index (κ2) is 6.01. The lowest BCUT2D eigenvalue weighted by Gasteiger charge is -2.29. The van der Waals surface area contributed by atoms with E-state index in [4.69, 9.17) is 21.1 Å². The number of fused-ring (bicyclic) bond motifs is 1. The van der Waals surface area contributed by atoms with Gasteiger partial charge in [-0.15, -0.1) is 0 Å². The van der Waals surface area contributed by atoms with E-state index in [2.05, 4.69) is 10.6 Å². The number of amides is 1. The van der Waals surface area contributed by atoms with Gasteiger partial charge < -0.3 is 20.1 Å². The van der Waals surface area contributed by atoms with Gasteiger partial charge in [-0.1, -0.05) is 23.7 Å². The van der Waals surface area contributed by atoms with Crippen LogP contribution in [0.5, 0.6) is 11.5 Å². The molecule has 1 aliphatic rings. The van der Waals surface area contributed by atoms with E-state index in [-0.39, 0.29) is 5.91 Å². The number of rotatable bonds is 3. The van der Waals surface area contributed by atoms with Crippen LogP contribution in [0.3, 0.4) is 0 Å². The highest BCUT2D eigenvalue weighted by Gasteiger charge is 2.27. The predicted molar refractivity (Wildman–Crippen MR) is 89.6 cm³/mol. The highest BCUT2D eigenvalue weighted by Crippen LogP contribution is 2.39. The Labute approximate surface area is 139 Å². The Balaban J connectivity index is 2.03. The molecule has 2 aromatic carbocycles. The largest absolute Gasteiger partial charge is 0.493 e. The van der Waals surface area contributed by atoms with Crippen LogP contribution < -0.4 is 20.1 Å². The Morgan fingerprint density at radius 2 is 1.91 bits per heavy atom. The highest BCUT2D eigenvalue weighted by molar-refractivity contribution is 6.32. The molecule has 0 aromatic heterocycles. The number of nitrogens with one attached hydrogen (secondary N) is 2. The molecule has 23 heavy (non-hydrogen) atoms. The molecule has 0 fully saturated rings. The van der Waals surface area contributed by atoms with E-state index in [1.165, 1.54) is 7.11 Å². The highest BCUT2D eigenvalue weighted by atomic mass is 35.5. The van der Waals surface area contributed by atoms with Crippen LogP contribution in [0.1, 0.15) is 27.7 Å². The fraction of sp³-hybridized carbons (Fsp3) is 0.235. The lowest BCUT2D eigenvalue weighted by Crippen LogP contribution is -2.38. The third-order valence-corrected chi connectivity index (χ3v) is 4.15. The van der Waals surface area contributed by atoms with Crippen LogP contribution in [0, 0.1) is 6.92 Å². The van der Waals surface area contributed by atoms with Gasteiger partial charge in [-0.2, -0.15) is 0 Å². The summed E-state index contributed by atoms with van der Waals surface area (Å²) in [6.45, 7) is 1.96. The maximum Gasteiger partial charge on any atom is 0.255 e. The molecule has 6 heteroatoms. The van der Waals surface area contributed by atoms with Crippen molar-refractivity contribution in [2.75, 3.05) is 19.5 Å². The molecule has 1 unspecified atom stereocenters. The molecule has 0 radical (unpaired) electrons. The lowest BCUT2D eigenvalue weighted by molar-refractivity contribution is 0.0935. The van der Waals surface area contributed by atoms with Crippen LogP contribution in [0.25, 0.3) is 0 Å². The normalized spacial score (nSPS) is 16.2. The first-order valence-corrected chi connectivity index (χ1v) is 7.51. The molecule has 0 aliphatic carbocycles. The van der Waals surface area contributed by atoms with Gasteiger partial charge in [0, 0.05) is 0 Å². The molecule has 1 atom stereocenters. The van der Waals surface area contributed by atoms with E-state index in [9.17, 15) is 4.79 Å². The minimum absolute atomic E-state index is 0.127. The zero-order chi connectivity index (χ0) is 16.6. The van der Waals surface area contributed by atoms with Gasteiger partial charge in [-0.25, -0.2) is 0 Å². The number of methoxy groups -OCH3 is 2. The molecule has 2 N–H and O–H groups in total. The van der Waals surface area contributed by atoms with Gasteiger partial charge >= 0.3 is 0 Å². The van der Waals surface area contributed by atoms with Crippen molar-refractivity contribution >= 4 is 23.2 Å². The second-order valence-corrected chi connectivity index (χ2v) is 5.69. The maximum atomic E-state index is 12.3. The summed E-state index contributed by atoms with van der Waals surface area (Å²) < 4.78 is 10.6. The number of benzene rings is 2.